The van der Waals surface area contributed by atoms with Crippen molar-refractivity contribution in [3.63, 3.8) is 0 Å². The van der Waals surface area contributed by atoms with Crippen LogP contribution in [0.4, 0.5) is 11.8 Å². The summed E-state index contributed by atoms with van der Waals surface area (Å²) in [5, 5.41) is 9.82. The van der Waals surface area contributed by atoms with Crippen molar-refractivity contribution in [3.8, 4) is 11.8 Å². The highest BCUT2D eigenvalue weighted by molar-refractivity contribution is 5.96. The van der Waals surface area contributed by atoms with Crippen molar-refractivity contribution in [3.05, 3.63) is 106 Å². The molecule has 0 aliphatic rings. The summed E-state index contributed by atoms with van der Waals surface area (Å²) in [6.07, 6.45) is 5.08. The van der Waals surface area contributed by atoms with E-state index in [9.17, 15) is 4.79 Å². The highest BCUT2D eigenvalue weighted by atomic mass is 16.5. The molecule has 0 atom stereocenters. The number of hydrogen-bond acceptors (Lipinski definition) is 9. The lowest BCUT2D eigenvalue weighted by atomic mass is 9.98. The highest BCUT2D eigenvalue weighted by Gasteiger charge is 2.15. The van der Waals surface area contributed by atoms with Gasteiger partial charge in [-0.15, -0.1) is 0 Å². The maximum Gasteiger partial charge on any atom is 0.263 e. The molecule has 0 saturated carbocycles. The Hall–Kier alpha value is -5.30. The summed E-state index contributed by atoms with van der Waals surface area (Å²) in [5.74, 6) is 0.420. The number of rotatable bonds is 5. The van der Waals surface area contributed by atoms with E-state index < -0.39 is 0 Å². The third-order valence-electron chi connectivity index (χ3n) is 5.48. The molecule has 2 aromatic carbocycles. The lowest BCUT2D eigenvalue weighted by Crippen LogP contribution is -2.22. The molecule has 0 saturated heterocycles. The first-order chi connectivity index (χ1) is 17.8. The van der Waals surface area contributed by atoms with Crippen LogP contribution >= 0.6 is 0 Å². The van der Waals surface area contributed by atoms with Crippen LogP contribution in [0.1, 0.15) is 23.7 Å². The van der Waals surface area contributed by atoms with Gasteiger partial charge >= 0.3 is 0 Å². The summed E-state index contributed by atoms with van der Waals surface area (Å²) < 4.78 is 6.79. The van der Waals surface area contributed by atoms with E-state index in [1.165, 1.54) is 19.5 Å². The maximum absolute atomic E-state index is 13.5. The number of pyridine rings is 1. The first-order valence-corrected chi connectivity index (χ1v) is 11.3. The Kier molecular flexibility index (Phi) is 8.46. The van der Waals surface area contributed by atoms with E-state index in [0.717, 1.165) is 23.2 Å². The first kappa shape index (κ1) is 26.3. The molecule has 0 spiro atoms. The number of benzene rings is 2. The Morgan fingerprint density at radius 2 is 1.89 bits per heavy atom. The van der Waals surface area contributed by atoms with E-state index in [4.69, 9.17) is 32.9 Å². The number of aryl methyl sites for hydroxylation is 1. The monoisotopic (exact) mass is 496 g/mol. The van der Waals surface area contributed by atoms with Crippen molar-refractivity contribution in [2.45, 2.75) is 13.3 Å². The average molecular weight is 497 g/mol. The zero-order chi connectivity index (χ0) is 26.9. The molecule has 2 aromatic heterocycles. The van der Waals surface area contributed by atoms with Gasteiger partial charge in [0.05, 0.1) is 18.7 Å². The van der Waals surface area contributed by atoms with Crippen molar-refractivity contribution in [2.24, 2.45) is 11.5 Å². The summed E-state index contributed by atoms with van der Waals surface area (Å²) in [6, 6.07) is 19.2. The van der Waals surface area contributed by atoms with Crippen LogP contribution in [0.15, 0.2) is 83.7 Å². The van der Waals surface area contributed by atoms with Gasteiger partial charge in [0, 0.05) is 29.2 Å². The smallest absolute Gasteiger partial charge is 0.263 e. The molecule has 10 heteroatoms. The van der Waals surface area contributed by atoms with Crippen LogP contribution in [0, 0.1) is 11.3 Å². The van der Waals surface area contributed by atoms with Crippen molar-refractivity contribution in [2.75, 3.05) is 18.6 Å². The van der Waals surface area contributed by atoms with Gasteiger partial charge in [-0.25, -0.2) is 4.98 Å². The fraction of sp³-hybridized carbons (Fsp3) is 0.111. The van der Waals surface area contributed by atoms with Crippen LogP contribution in [0.2, 0.25) is 0 Å². The number of nitriles is 1. The second kappa shape index (κ2) is 11.9. The van der Waals surface area contributed by atoms with E-state index in [1.807, 2.05) is 67.6 Å². The Morgan fingerprint density at radius 3 is 2.49 bits per heavy atom. The molecule has 188 valence electrons. The number of hydrogen-bond donors (Lipinski definition) is 4. The number of methoxy groups -OCH3 is 1. The third kappa shape index (κ3) is 5.86. The first-order valence-electron chi connectivity index (χ1n) is 11.3. The second-order valence-corrected chi connectivity index (χ2v) is 7.75. The molecular weight excluding hydrogens is 468 g/mol. The summed E-state index contributed by atoms with van der Waals surface area (Å²) in [4.78, 5) is 20.7. The number of nitrogens with zero attached hydrogens (tertiary/aromatic N) is 4. The predicted octanol–water partition coefficient (Wildman–Crippen LogP) is 2.81. The Morgan fingerprint density at radius 1 is 1.16 bits per heavy atom. The van der Waals surface area contributed by atoms with Crippen LogP contribution < -0.4 is 28.5 Å². The van der Waals surface area contributed by atoms with E-state index in [0.29, 0.717) is 16.5 Å². The summed E-state index contributed by atoms with van der Waals surface area (Å²) in [6.45, 7) is 2.04. The third-order valence-corrected chi connectivity index (χ3v) is 5.48. The van der Waals surface area contributed by atoms with Gasteiger partial charge in [-0.05, 0) is 35.6 Å². The fourth-order valence-electron chi connectivity index (χ4n) is 3.70. The van der Waals surface area contributed by atoms with Gasteiger partial charge in [0.25, 0.3) is 5.56 Å². The largest absolute Gasteiger partial charge is 0.483 e. The molecule has 0 radical (unpaired) electrons. The number of nitrogens with two attached hydrogens (primary N) is 4. The summed E-state index contributed by atoms with van der Waals surface area (Å²) >= 11 is 0. The number of anilines is 2. The van der Waals surface area contributed by atoms with Gasteiger partial charge in [0.1, 0.15) is 17.5 Å². The molecule has 0 amide bonds. The molecule has 0 aliphatic carbocycles. The number of allylic oxidation sites excluding steroid dienone is 2. The molecule has 4 aromatic rings. The quantitative estimate of drug-likeness (QED) is 0.238. The number of ether oxygens (including phenoxy) is 1. The Bertz CT molecular complexity index is 1570. The maximum atomic E-state index is 13.5. The predicted molar refractivity (Wildman–Crippen MR) is 146 cm³/mol. The number of fused-ring (bicyclic) bond motifs is 1. The summed E-state index contributed by atoms with van der Waals surface area (Å²) in [5.41, 5.74) is 25.3. The van der Waals surface area contributed by atoms with Gasteiger partial charge in [-0.2, -0.15) is 10.2 Å². The molecule has 0 fully saturated rings. The van der Waals surface area contributed by atoms with Crippen LogP contribution in [0.25, 0.3) is 22.0 Å². The van der Waals surface area contributed by atoms with E-state index in [-0.39, 0.29) is 28.8 Å². The van der Waals surface area contributed by atoms with Crippen LogP contribution in [-0.4, -0.2) is 21.6 Å². The van der Waals surface area contributed by atoms with Crippen molar-refractivity contribution in [1.29, 1.82) is 5.26 Å². The SMILES string of the molecule is CCc1cc2cccc(C(/C=C(\N)OC)=C/N)c2c(=O)n1-c1ccccc1.N#Cc1cnc(N)nc1N. The second-order valence-electron chi connectivity index (χ2n) is 7.75. The van der Waals surface area contributed by atoms with Crippen LogP contribution in [0.5, 0.6) is 0 Å². The van der Waals surface area contributed by atoms with Crippen molar-refractivity contribution in [1.82, 2.24) is 14.5 Å². The zero-order valence-corrected chi connectivity index (χ0v) is 20.6. The van der Waals surface area contributed by atoms with Gasteiger partial charge in [0.2, 0.25) is 5.95 Å². The molecule has 10 nitrogen and oxygen atoms in total. The highest BCUT2D eigenvalue weighted by Crippen LogP contribution is 2.25. The van der Waals surface area contributed by atoms with Crippen molar-refractivity contribution < 1.29 is 4.74 Å². The minimum Gasteiger partial charge on any atom is -0.483 e. The van der Waals surface area contributed by atoms with E-state index in [1.54, 1.807) is 10.6 Å². The number of para-hydroxylation sites is 1. The Labute approximate surface area is 214 Å². The van der Waals surface area contributed by atoms with E-state index in [2.05, 4.69) is 9.97 Å². The lowest BCUT2D eigenvalue weighted by molar-refractivity contribution is 0.288. The van der Waals surface area contributed by atoms with E-state index >= 15 is 0 Å². The molecule has 0 bridgehead atoms. The Balaban J connectivity index is 0.000000319. The van der Waals surface area contributed by atoms with Crippen LogP contribution in [0.3, 0.4) is 0 Å². The molecular formula is C27H28N8O2. The van der Waals surface area contributed by atoms with Gasteiger partial charge in [-0.1, -0.05) is 43.3 Å². The summed E-state index contributed by atoms with van der Waals surface area (Å²) in [7, 11) is 1.49. The minimum absolute atomic E-state index is 0.0801. The van der Waals surface area contributed by atoms with Gasteiger partial charge < -0.3 is 27.7 Å². The lowest BCUT2D eigenvalue weighted by Gasteiger charge is -2.16. The van der Waals surface area contributed by atoms with Gasteiger partial charge in [0.15, 0.2) is 5.88 Å². The zero-order valence-electron chi connectivity index (χ0n) is 20.6. The minimum atomic E-state index is -0.0881. The molecule has 4 rings (SSSR count). The number of aromatic nitrogens is 3. The fourth-order valence-corrected chi connectivity index (χ4v) is 3.70. The molecule has 8 N–H and O–H groups in total. The molecule has 2 heterocycles. The standard InChI is InChI=1S/C22H23N3O2.C5H5N5/c1-3-17-12-15-8-7-11-19(16(14-23)13-20(24)27-2)21(15)22(26)25(17)18-9-5-4-6-10-18;6-1-3-2-9-5(8)10-4(3)7/h4-14H,3,23-24H2,1-2H3;2H,(H4,7,8,9,10)/b16-14+,20-13+;. The average Bonchev–Trinajstić information content (AvgIpc) is 2.92. The molecule has 0 unspecified atom stereocenters. The number of nitrogen functional groups attached to an aromatic ring is 2. The molecule has 37 heavy (non-hydrogen) atoms. The topological polar surface area (TPSA) is 185 Å². The van der Waals surface area contributed by atoms with Crippen LogP contribution in [-0.2, 0) is 11.2 Å². The molecule has 0 aliphatic heterocycles. The van der Waals surface area contributed by atoms with Gasteiger partial charge in [-0.3, -0.25) is 9.36 Å². The van der Waals surface area contributed by atoms with Crippen molar-refractivity contribution >= 4 is 28.1 Å². The normalized spacial score (nSPS) is 11.4.